The maximum absolute atomic E-state index is 13.3. The predicted octanol–water partition coefficient (Wildman–Crippen LogP) is 3.96. The molecule has 3 nitrogen and oxygen atoms in total. The van der Waals surface area contributed by atoms with Crippen molar-refractivity contribution in [3.63, 3.8) is 0 Å². The molecule has 1 saturated carbocycles. The first-order valence-electron chi connectivity index (χ1n) is 7.68. The summed E-state index contributed by atoms with van der Waals surface area (Å²) in [6, 6.07) is 2.02. The highest BCUT2D eigenvalue weighted by atomic mass is 19.3. The Kier molecular flexibility index (Phi) is 5.51. The number of aromatic nitrogens is 1. The molecular weight excluding hydrogens is 274 g/mol. The third-order valence-corrected chi connectivity index (χ3v) is 4.11. The Morgan fingerprint density at radius 1 is 1.38 bits per heavy atom. The number of nitrogens with one attached hydrogen (secondary N) is 1. The van der Waals surface area contributed by atoms with Crippen LogP contribution < -0.4 is 10.1 Å². The SMILES string of the molecule is CCCOc1cncc(C(NC)C2CCC(F)(F)CC2)c1. The predicted molar refractivity (Wildman–Crippen MR) is 78.7 cm³/mol. The molecular formula is C16H24F2N2O. The summed E-state index contributed by atoms with van der Waals surface area (Å²) in [6.07, 6.45) is 5.48. The molecule has 0 radical (unpaired) electrons. The van der Waals surface area contributed by atoms with Gasteiger partial charge in [0.1, 0.15) is 5.75 Å². The van der Waals surface area contributed by atoms with E-state index in [1.165, 1.54) is 0 Å². The number of rotatable bonds is 6. The molecule has 0 bridgehead atoms. The van der Waals surface area contributed by atoms with Gasteiger partial charge in [-0.2, -0.15) is 0 Å². The van der Waals surface area contributed by atoms with Crippen molar-refractivity contribution in [2.75, 3.05) is 13.7 Å². The lowest BCUT2D eigenvalue weighted by Crippen LogP contribution is -2.32. The third kappa shape index (κ3) is 4.37. The molecule has 0 spiro atoms. The molecule has 0 saturated heterocycles. The van der Waals surface area contributed by atoms with Crippen LogP contribution in [0.15, 0.2) is 18.5 Å². The fourth-order valence-electron chi connectivity index (χ4n) is 2.97. The summed E-state index contributed by atoms with van der Waals surface area (Å²) in [7, 11) is 1.87. The monoisotopic (exact) mass is 298 g/mol. The van der Waals surface area contributed by atoms with E-state index in [0.717, 1.165) is 17.7 Å². The van der Waals surface area contributed by atoms with E-state index < -0.39 is 5.92 Å². The van der Waals surface area contributed by atoms with Crippen molar-refractivity contribution in [3.05, 3.63) is 24.0 Å². The summed E-state index contributed by atoms with van der Waals surface area (Å²) in [5.74, 6) is -1.52. The average molecular weight is 298 g/mol. The molecule has 1 aliphatic rings. The van der Waals surface area contributed by atoms with E-state index in [2.05, 4.69) is 17.2 Å². The lowest BCUT2D eigenvalue weighted by molar-refractivity contribution is -0.0495. The van der Waals surface area contributed by atoms with Gasteiger partial charge in [-0.3, -0.25) is 4.98 Å². The zero-order valence-electron chi connectivity index (χ0n) is 12.7. The molecule has 0 amide bonds. The van der Waals surface area contributed by atoms with E-state index in [4.69, 9.17) is 4.74 Å². The number of hydrogen-bond acceptors (Lipinski definition) is 3. The smallest absolute Gasteiger partial charge is 0.248 e. The van der Waals surface area contributed by atoms with Gasteiger partial charge >= 0.3 is 0 Å². The average Bonchev–Trinajstić information content (AvgIpc) is 2.48. The molecule has 1 N–H and O–H groups in total. The summed E-state index contributed by atoms with van der Waals surface area (Å²) in [6.45, 7) is 2.71. The number of hydrogen-bond donors (Lipinski definition) is 1. The van der Waals surface area contributed by atoms with Crippen molar-refractivity contribution >= 4 is 0 Å². The standard InChI is InChI=1S/C16H24F2N2O/c1-3-8-21-14-9-13(10-20-11-14)15(19-2)12-4-6-16(17,18)7-5-12/h9-12,15,19H,3-8H2,1-2H3. The molecule has 118 valence electrons. The molecule has 1 fully saturated rings. The van der Waals surface area contributed by atoms with Crippen LogP contribution in [0.5, 0.6) is 5.75 Å². The van der Waals surface area contributed by atoms with Crippen molar-refractivity contribution in [3.8, 4) is 5.75 Å². The van der Waals surface area contributed by atoms with Gasteiger partial charge in [0.2, 0.25) is 5.92 Å². The molecule has 1 aliphatic carbocycles. The first kappa shape index (κ1) is 16.1. The second-order valence-corrected chi connectivity index (χ2v) is 5.76. The Labute approximate surface area is 125 Å². The van der Waals surface area contributed by atoms with E-state index in [1.807, 2.05) is 13.1 Å². The Morgan fingerprint density at radius 3 is 2.71 bits per heavy atom. The van der Waals surface area contributed by atoms with Gasteiger partial charge in [-0.05, 0) is 43.9 Å². The fourth-order valence-corrected chi connectivity index (χ4v) is 2.97. The lowest BCUT2D eigenvalue weighted by atomic mass is 9.80. The van der Waals surface area contributed by atoms with Crippen LogP contribution in [0.2, 0.25) is 0 Å². The van der Waals surface area contributed by atoms with Crippen LogP contribution in [0.25, 0.3) is 0 Å². The molecule has 1 heterocycles. The fraction of sp³-hybridized carbons (Fsp3) is 0.688. The van der Waals surface area contributed by atoms with Gasteiger partial charge in [0.05, 0.1) is 12.8 Å². The van der Waals surface area contributed by atoms with Gasteiger partial charge in [-0.15, -0.1) is 0 Å². The summed E-state index contributed by atoms with van der Waals surface area (Å²) in [5.41, 5.74) is 1.02. The zero-order chi connectivity index (χ0) is 15.3. The summed E-state index contributed by atoms with van der Waals surface area (Å²) >= 11 is 0. The minimum absolute atomic E-state index is 0.0186. The zero-order valence-corrected chi connectivity index (χ0v) is 12.7. The Hall–Kier alpha value is -1.23. The lowest BCUT2D eigenvalue weighted by Gasteiger charge is -2.33. The topological polar surface area (TPSA) is 34.1 Å². The van der Waals surface area contributed by atoms with Gasteiger partial charge in [0.15, 0.2) is 0 Å². The van der Waals surface area contributed by atoms with E-state index in [0.29, 0.717) is 19.4 Å². The molecule has 0 aromatic carbocycles. The maximum Gasteiger partial charge on any atom is 0.248 e. The third-order valence-electron chi connectivity index (χ3n) is 4.11. The van der Waals surface area contributed by atoms with Crippen LogP contribution in [0, 0.1) is 5.92 Å². The quantitative estimate of drug-likeness (QED) is 0.863. The highest BCUT2D eigenvalue weighted by molar-refractivity contribution is 5.26. The molecule has 1 atom stereocenters. The summed E-state index contributed by atoms with van der Waals surface area (Å²) < 4.78 is 32.2. The van der Waals surface area contributed by atoms with Gasteiger partial charge in [-0.25, -0.2) is 8.78 Å². The van der Waals surface area contributed by atoms with Crippen LogP contribution in [-0.2, 0) is 0 Å². The van der Waals surface area contributed by atoms with Gasteiger partial charge < -0.3 is 10.1 Å². The largest absolute Gasteiger partial charge is 0.492 e. The Balaban J connectivity index is 2.07. The number of nitrogens with zero attached hydrogens (tertiary/aromatic N) is 1. The number of pyridine rings is 1. The van der Waals surface area contributed by atoms with Crippen molar-refractivity contribution < 1.29 is 13.5 Å². The normalized spacial score (nSPS) is 20.2. The van der Waals surface area contributed by atoms with E-state index in [1.54, 1.807) is 12.4 Å². The molecule has 1 aromatic heterocycles. The first-order chi connectivity index (χ1) is 10.1. The summed E-state index contributed by atoms with van der Waals surface area (Å²) in [4.78, 5) is 4.22. The Morgan fingerprint density at radius 2 is 2.10 bits per heavy atom. The highest BCUT2D eigenvalue weighted by Gasteiger charge is 2.37. The summed E-state index contributed by atoms with van der Waals surface area (Å²) in [5, 5.41) is 3.26. The Bertz CT molecular complexity index is 444. The van der Waals surface area contributed by atoms with Gasteiger partial charge in [0, 0.05) is 25.1 Å². The maximum atomic E-state index is 13.3. The second kappa shape index (κ2) is 7.16. The van der Waals surface area contributed by atoms with Gasteiger partial charge in [-0.1, -0.05) is 6.92 Å². The first-order valence-corrected chi connectivity index (χ1v) is 7.68. The van der Waals surface area contributed by atoms with Crippen molar-refractivity contribution in [2.24, 2.45) is 5.92 Å². The second-order valence-electron chi connectivity index (χ2n) is 5.76. The van der Waals surface area contributed by atoms with Crippen LogP contribution in [-0.4, -0.2) is 24.6 Å². The van der Waals surface area contributed by atoms with E-state index in [-0.39, 0.29) is 24.8 Å². The molecule has 5 heteroatoms. The van der Waals surface area contributed by atoms with Crippen LogP contribution in [0.3, 0.4) is 0 Å². The van der Waals surface area contributed by atoms with Gasteiger partial charge in [0.25, 0.3) is 0 Å². The number of halogens is 2. The van der Waals surface area contributed by atoms with E-state index >= 15 is 0 Å². The molecule has 21 heavy (non-hydrogen) atoms. The number of ether oxygens (including phenoxy) is 1. The van der Waals surface area contributed by atoms with E-state index in [9.17, 15) is 8.78 Å². The molecule has 1 aromatic rings. The van der Waals surface area contributed by atoms with Crippen LogP contribution >= 0.6 is 0 Å². The van der Waals surface area contributed by atoms with Crippen LogP contribution in [0.1, 0.15) is 50.6 Å². The molecule has 0 aliphatic heterocycles. The van der Waals surface area contributed by atoms with Crippen molar-refractivity contribution in [1.29, 1.82) is 0 Å². The molecule has 1 unspecified atom stereocenters. The van der Waals surface area contributed by atoms with Crippen molar-refractivity contribution in [2.45, 2.75) is 51.0 Å². The minimum atomic E-state index is -2.49. The molecule has 2 rings (SSSR count). The van der Waals surface area contributed by atoms with Crippen molar-refractivity contribution in [1.82, 2.24) is 10.3 Å². The highest BCUT2D eigenvalue weighted by Crippen LogP contribution is 2.41. The van der Waals surface area contributed by atoms with Crippen LogP contribution in [0.4, 0.5) is 8.78 Å². The minimum Gasteiger partial charge on any atom is -0.492 e. The number of alkyl halides is 2.